The number of pyridine rings is 1. The lowest BCUT2D eigenvalue weighted by atomic mass is 9.97. The lowest BCUT2D eigenvalue weighted by molar-refractivity contribution is -0.133. The number of carbonyl (C=O) groups excluding carboxylic acids is 1. The van der Waals surface area contributed by atoms with Crippen LogP contribution in [0.4, 0.5) is 23.8 Å². The molecule has 34 heavy (non-hydrogen) atoms. The predicted molar refractivity (Wildman–Crippen MR) is 125 cm³/mol. The van der Waals surface area contributed by atoms with Crippen molar-refractivity contribution in [2.45, 2.75) is 63.3 Å². The highest BCUT2D eigenvalue weighted by Crippen LogP contribution is 2.36. The van der Waals surface area contributed by atoms with Crippen LogP contribution in [0, 0.1) is 6.92 Å². The van der Waals surface area contributed by atoms with E-state index in [2.05, 4.69) is 25.8 Å². The summed E-state index contributed by atoms with van der Waals surface area (Å²) in [5, 5.41) is 17.9. The first-order chi connectivity index (χ1) is 16.2. The number of halogens is 3. The van der Waals surface area contributed by atoms with Crippen molar-refractivity contribution in [1.82, 2.24) is 25.4 Å². The number of hydrogen-bond acceptors (Lipinski definition) is 6. The van der Waals surface area contributed by atoms with Crippen molar-refractivity contribution in [3.8, 4) is 10.6 Å². The number of hydrogen-bond donors (Lipinski definition) is 2. The molecule has 1 aromatic carbocycles. The van der Waals surface area contributed by atoms with Crippen molar-refractivity contribution in [2.75, 3.05) is 11.9 Å². The summed E-state index contributed by atoms with van der Waals surface area (Å²) < 4.78 is 37.3. The molecule has 0 radical (unpaired) electrons. The summed E-state index contributed by atoms with van der Waals surface area (Å²) in [5.74, 6) is 0.466. The number of amides is 2. The molecule has 2 N–H and O–H groups in total. The van der Waals surface area contributed by atoms with Crippen molar-refractivity contribution >= 4 is 34.0 Å². The summed E-state index contributed by atoms with van der Waals surface area (Å²) in [6.45, 7) is 1.83. The van der Waals surface area contributed by atoms with Crippen molar-refractivity contribution in [3.63, 3.8) is 0 Å². The molecule has 2 bridgehead atoms. The minimum absolute atomic E-state index is 0.00472. The van der Waals surface area contributed by atoms with E-state index in [9.17, 15) is 18.0 Å². The molecule has 7 nitrogen and oxygen atoms in total. The average Bonchev–Trinajstić information content (AvgIpc) is 3.33. The first-order valence-electron chi connectivity index (χ1n) is 11.3. The maximum Gasteiger partial charge on any atom is 0.390 e. The molecular weight excluding hydrogens is 465 g/mol. The third-order valence-corrected chi connectivity index (χ3v) is 7.43. The van der Waals surface area contributed by atoms with Crippen LogP contribution in [0.2, 0.25) is 0 Å². The molecule has 11 heteroatoms. The Balaban J connectivity index is 1.25. The van der Waals surface area contributed by atoms with Gasteiger partial charge in [-0.1, -0.05) is 23.5 Å². The molecule has 0 unspecified atom stereocenters. The van der Waals surface area contributed by atoms with Crippen LogP contribution in [0.5, 0.6) is 0 Å². The van der Waals surface area contributed by atoms with E-state index in [1.54, 1.807) is 6.20 Å². The minimum Gasteiger partial charge on any atom is -0.318 e. The van der Waals surface area contributed by atoms with Crippen LogP contribution >= 0.6 is 11.3 Å². The lowest BCUT2D eigenvalue weighted by Gasteiger charge is -2.39. The molecule has 0 spiro atoms. The summed E-state index contributed by atoms with van der Waals surface area (Å²) in [4.78, 5) is 19.3. The molecule has 0 saturated carbocycles. The number of carbonyl (C=O) groups is 1. The number of benzene rings is 1. The molecule has 180 valence electrons. The Morgan fingerprint density at radius 3 is 2.59 bits per heavy atom. The Labute approximate surface area is 198 Å². The van der Waals surface area contributed by atoms with E-state index >= 15 is 0 Å². The molecule has 2 fully saturated rings. The fourth-order valence-electron chi connectivity index (χ4n) is 5.02. The van der Waals surface area contributed by atoms with Crippen LogP contribution in [-0.2, 0) is 0 Å². The molecule has 2 aliphatic heterocycles. The molecule has 3 aromatic rings. The van der Waals surface area contributed by atoms with Gasteiger partial charge in [-0.15, -0.1) is 10.2 Å². The second-order valence-electron chi connectivity index (χ2n) is 8.97. The average molecular weight is 491 g/mol. The van der Waals surface area contributed by atoms with E-state index in [-0.39, 0.29) is 30.7 Å². The van der Waals surface area contributed by atoms with E-state index in [4.69, 9.17) is 0 Å². The normalized spacial score (nSPS) is 22.4. The summed E-state index contributed by atoms with van der Waals surface area (Å²) in [5.41, 5.74) is 0.958. The van der Waals surface area contributed by atoms with Crippen molar-refractivity contribution in [1.29, 1.82) is 0 Å². The van der Waals surface area contributed by atoms with Crippen molar-refractivity contribution in [3.05, 3.63) is 35.5 Å². The number of aromatic nitrogens is 3. The molecule has 0 aliphatic carbocycles. The van der Waals surface area contributed by atoms with Gasteiger partial charge in [-0.2, -0.15) is 13.2 Å². The summed E-state index contributed by atoms with van der Waals surface area (Å²) in [6.07, 6.45) is -0.204. The van der Waals surface area contributed by atoms with Gasteiger partial charge in [-0.3, -0.25) is 5.32 Å². The van der Waals surface area contributed by atoms with Crippen LogP contribution in [0.1, 0.15) is 37.1 Å². The van der Waals surface area contributed by atoms with Gasteiger partial charge in [0.1, 0.15) is 15.8 Å². The number of fused-ring (bicyclic) bond motifs is 3. The van der Waals surface area contributed by atoms with Gasteiger partial charge in [0.2, 0.25) is 0 Å². The first kappa shape index (κ1) is 23.0. The zero-order valence-corrected chi connectivity index (χ0v) is 19.4. The van der Waals surface area contributed by atoms with Gasteiger partial charge < -0.3 is 10.2 Å². The largest absolute Gasteiger partial charge is 0.390 e. The fourth-order valence-corrected chi connectivity index (χ4v) is 5.71. The van der Waals surface area contributed by atoms with Gasteiger partial charge in [0.15, 0.2) is 0 Å². The van der Waals surface area contributed by atoms with Crippen LogP contribution in [0.25, 0.3) is 21.3 Å². The second-order valence-corrected chi connectivity index (χ2v) is 10.1. The monoisotopic (exact) mass is 490 g/mol. The Hall–Kier alpha value is -2.79. The second kappa shape index (κ2) is 9.10. The Morgan fingerprint density at radius 1 is 1.15 bits per heavy atom. The van der Waals surface area contributed by atoms with E-state index in [1.807, 2.05) is 36.1 Å². The van der Waals surface area contributed by atoms with Crippen molar-refractivity contribution < 1.29 is 18.0 Å². The van der Waals surface area contributed by atoms with Gasteiger partial charge in [-0.05, 0) is 50.1 Å². The Kier molecular flexibility index (Phi) is 6.15. The van der Waals surface area contributed by atoms with E-state index in [0.29, 0.717) is 18.7 Å². The molecule has 2 aliphatic rings. The maximum absolute atomic E-state index is 13.1. The highest BCUT2D eigenvalue weighted by molar-refractivity contribution is 7.14. The van der Waals surface area contributed by atoms with Gasteiger partial charge in [0, 0.05) is 41.8 Å². The fraction of sp³-hybridized carbons (Fsp3) is 0.478. The zero-order chi connectivity index (χ0) is 23.9. The number of nitrogens with one attached hydrogen (secondary N) is 2. The predicted octanol–water partition coefficient (Wildman–Crippen LogP) is 5.13. The molecular formula is C23H25F3N6OS. The SMILES string of the molecule is Cc1nnc(-c2ccc3cnc(NC(=O)N4[C@@H]5CC[C@H]4C[C@@H](NCCC(F)(F)F)C5)cc3c2)s1. The Bertz CT molecular complexity index is 1180. The number of piperidine rings is 1. The van der Waals surface area contributed by atoms with Crippen LogP contribution in [0.15, 0.2) is 30.5 Å². The number of rotatable bonds is 5. The van der Waals surface area contributed by atoms with Crippen molar-refractivity contribution in [2.24, 2.45) is 0 Å². The summed E-state index contributed by atoms with van der Waals surface area (Å²) in [6, 6.07) is 7.65. The summed E-state index contributed by atoms with van der Waals surface area (Å²) in [7, 11) is 0. The molecule has 2 amide bonds. The first-order valence-corrected chi connectivity index (χ1v) is 12.2. The smallest absolute Gasteiger partial charge is 0.318 e. The number of aryl methyl sites for hydroxylation is 1. The maximum atomic E-state index is 13.1. The van der Waals surface area contributed by atoms with Gasteiger partial charge in [-0.25, -0.2) is 9.78 Å². The standard InChI is InChI=1S/C23H25F3N6OS/c1-13-30-31-21(34-13)14-2-3-15-12-28-20(9-16(15)8-14)29-22(33)32-18-4-5-19(32)11-17(10-18)27-7-6-23(24,25)26/h2-3,8-9,12,17-19,27H,4-7,10-11H2,1H3,(H,28,29,33)/t17-,18+,19-. The molecule has 5 rings (SSSR count). The third-order valence-electron chi connectivity index (χ3n) is 6.54. The summed E-state index contributed by atoms with van der Waals surface area (Å²) >= 11 is 1.52. The highest BCUT2D eigenvalue weighted by atomic mass is 32.1. The molecule has 4 heterocycles. The van der Waals surface area contributed by atoms with Gasteiger partial charge in [0.05, 0.1) is 6.42 Å². The zero-order valence-electron chi connectivity index (χ0n) is 18.6. The Morgan fingerprint density at radius 2 is 1.91 bits per heavy atom. The van der Waals surface area contributed by atoms with Gasteiger partial charge in [0.25, 0.3) is 0 Å². The van der Waals surface area contributed by atoms with Gasteiger partial charge >= 0.3 is 12.2 Å². The van der Waals surface area contributed by atoms with E-state index in [1.165, 1.54) is 11.3 Å². The van der Waals surface area contributed by atoms with E-state index in [0.717, 1.165) is 39.2 Å². The van der Waals surface area contributed by atoms with Crippen LogP contribution in [0.3, 0.4) is 0 Å². The van der Waals surface area contributed by atoms with Crippen LogP contribution < -0.4 is 10.6 Å². The molecule has 2 saturated heterocycles. The molecule has 2 aromatic heterocycles. The number of anilines is 1. The number of nitrogens with zero attached hydrogens (tertiary/aromatic N) is 4. The number of alkyl halides is 3. The highest BCUT2D eigenvalue weighted by Gasteiger charge is 2.43. The lowest BCUT2D eigenvalue weighted by Crippen LogP contribution is -2.53. The topological polar surface area (TPSA) is 83.0 Å². The number of urea groups is 1. The quantitative estimate of drug-likeness (QED) is 0.518. The van der Waals surface area contributed by atoms with Crippen LogP contribution in [-0.4, -0.2) is 57.0 Å². The van der Waals surface area contributed by atoms with E-state index < -0.39 is 12.6 Å². The minimum atomic E-state index is -4.16. The molecule has 3 atom stereocenters. The third kappa shape index (κ3) is 5.00.